The second-order valence-electron chi connectivity index (χ2n) is 8.49. The first-order chi connectivity index (χ1) is 13.5. The van der Waals surface area contributed by atoms with E-state index in [-0.39, 0.29) is 18.4 Å². The van der Waals surface area contributed by atoms with E-state index < -0.39 is 5.54 Å². The Labute approximate surface area is 167 Å². The number of carbonyl (C=O) groups is 2. The van der Waals surface area contributed by atoms with Crippen molar-refractivity contribution in [1.82, 2.24) is 14.8 Å². The van der Waals surface area contributed by atoms with Crippen LogP contribution in [0.5, 0.6) is 0 Å². The number of nitrogens with one attached hydrogen (secondary N) is 1. The maximum Gasteiger partial charge on any atom is 0.254 e. The lowest BCUT2D eigenvalue weighted by Crippen LogP contribution is -2.67. The third-order valence-corrected chi connectivity index (χ3v) is 6.78. The van der Waals surface area contributed by atoms with Gasteiger partial charge in [-0.2, -0.15) is 0 Å². The molecule has 4 rings (SSSR count). The number of hydrogen-bond donors (Lipinski definition) is 1. The number of H-pyrrole nitrogens is 1. The van der Waals surface area contributed by atoms with Crippen molar-refractivity contribution < 1.29 is 9.59 Å². The number of unbranched alkanes of at least 4 members (excludes halogenated alkanes) is 1. The zero-order chi connectivity index (χ0) is 19.9. The summed E-state index contributed by atoms with van der Waals surface area (Å²) in [6.07, 6.45) is 5.28. The molecular weight excluding hydrogens is 350 g/mol. The molecule has 2 aliphatic heterocycles. The van der Waals surface area contributed by atoms with Crippen LogP contribution in [0.2, 0.25) is 0 Å². The van der Waals surface area contributed by atoms with E-state index in [1.165, 1.54) is 17.4 Å². The van der Waals surface area contributed by atoms with E-state index in [0.717, 1.165) is 36.9 Å². The van der Waals surface area contributed by atoms with Crippen molar-refractivity contribution in [2.45, 2.75) is 58.4 Å². The third-order valence-electron chi connectivity index (χ3n) is 6.78. The Kier molecular flexibility index (Phi) is 4.94. The lowest BCUT2D eigenvalue weighted by atomic mass is 9.83. The Balaban J connectivity index is 1.71. The molecular formula is C23H31N3O2. The largest absolute Gasteiger partial charge is 0.356 e. The number of carbonyl (C=O) groups excluding carboxylic acids is 2. The Bertz CT molecular complexity index is 902. The zero-order valence-corrected chi connectivity index (χ0v) is 17.3. The Morgan fingerprint density at radius 3 is 2.75 bits per heavy atom. The Morgan fingerprint density at radius 1 is 1.21 bits per heavy atom. The number of nitrogens with zero attached hydrogens (tertiary/aromatic N) is 2. The molecule has 1 aromatic carbocycles. The summed E-state index contributed by atoms with van der Waals surface area (Å²) >= 11 is 0. The van der Waals surface area contributed by atoms with Crippen molar-refractivity contribution in [3.05, 3.63) is 35.5 Å². The number of para-hydroxylation sites is 1. The molecule has 1 N–H and O–H groups in total. The third kappa shape index (κ3) is 2.83. The predicted octanol–water partition coefficient (Wildman–Crippen LogP) is 3.83. The van der Waals surface area contributed by atoms with E-state index in [1.54, 1.807) is 4.90 Å². The summed E-state index contributed by atoms with van der Waals surface area (Å²) in [5.41, 5.74) is 2.22. The van der Waals surface area contributed by atoms with E-state index in [9.17, 15) is 9.59 Å². The van der Waals surface area contributed by atoms with Gasteiger partial charge in [0.05, 0.1) is 12.2 Å². The predicted molar refractivity (Wildman–Crippen MR) is 111 cm³/mol. The van der Waals surface area contributed by atoms with Gasteiger partial charge in [0.15, 0.2) is 5.54 Å². The minimum atomic E-state index is -0.926. The summed E-state index contributed by atoms with van der Waals surface area (Å²) in [6, 6.07) is 8.19. The van der Waals surface area contributed by atoms with Crippen LogP contribution >= 0.6 is 0 Å². The first-order valence-corrected chi connectivity index (χ1v) is 10.7. The number of amides is 2. The molecule has 2 aliphatic rings. The standard InChI is InChI=1S/C23H31N3O2/c1-4-6-9-16(5-2)14-25-15-20(27)26-13-12-18-17-10-7-8-11-19(17)24-21(18)23(26,3)22(25)28/h7-8,10-11,16,24H,4-6,9,12-15H2,1-3H3/t16-,23-/m0/s1. The minimum absolute atomic E-state index is 0.0644. The summed E-state index contributed by atoms with van der Waals surface area (Å²) in [4.78, 5) is 33.8. The van der Waals surface area contributed by atoms with Crippen LogP contribution in [0, 0.1) is 5.92 Å². The first-order valence-electron chi connectivity index (χ1n) is 10.7. The molecule has 5 heteroatoms. The van der Waals surface area contributed by atoms with Crippen LogP contribution in [0.25, 0.3) is 10.9 Å². The summed E-state index contributed by atoms with van der Waals surface area (Å²) in [6.45, 7) is 7.81. The fourth-order valence-corrected chi connectivity index (χ4v) is 5.06. The molecule has 2 amide bonds. The van der Waals surface area contributed by atoms with Gasteiger partial charge in [-0.1, -0.05) is 51.3 Å². The highest BCUT2D eigenvalue weighted by atomic mass is 16.2. The van der Waals surface area contributed by atoms with Crippen LogP contribution in [0.1, 0.15) is 57.7 Å². The highest BCUT2D eigenvalue weighted by Crippen LogP contribution is 2.42. The summed E-state index contributed by atoms with van der Waals surface area (Å²) in [5, 5.41) is 1.17. The van der Waals surface area contributed by atoms with Gasteiger partial charge < -0.3 is 14.8 Å². The highest BCUT2D eigenvalue weighted by Gasteiger charge is 2.54. The molecule has 1 saturated heterocycles. The summed E-state index contributed by atoms with van der Waals surface area (Å²) in [5.74, 6) is 0.587. The van der Waals surface area contributed by atoms with Gasteiger partial charge in [-0.05, 0) is 37.3 Å². The molecule has 1 aromatic heterocycles. The van der Waals surface area contributed by atoms with Crippen molar-refractivity contribution in [3.8, 4) is 0 Å². The van der Waals surface area contributed by atoms with E-state index in [0.29, 0.717) is 19.0 Å². The van der Waals surface area contributed by atoms with Gasteiger partial charge in [-0.15, -0.1) is 0 Å². The maximum atomic E-state index is 13.7. The second-order valence-corrected chi connectivity index (χ2v) is 8.49. The van der Waals surface area contributed by atoms with Crippen LogP contribution < -0.4 is 0 Å². The molecule has 2 aromatic rings. The van der Waals surface area contributed by atoms with Crippen molar-refractivity contribution in [2.24, 2.45) is 5.92 Å². The molecule has 0 aliphatic carbocycles. The number of aromatic nitrogens is 1. The maximum absolute atomic E-state index is 13.7. The zero-order valence-electron chi connectivity index (χ0n) is 17.3. The average molecular weight is 382 g/mol. The molecule has 1 fully saturated rings. The molecule has 3 heterocycles. The van der Waals surface area contributed by atoms with E-state index in [4.69, 9.17) is 0 Å². The highest BCUT2D eigenvalue weighted by molar-refractivity contribution is 6.00. The monoisotopic (exact) mass is 381 g/mol. The van der Waals surface area contributed by atoms with E-state index in [1.807, 2.05) is 30.0 Å². The van der Waals surface area contributed by atoms with Crippen LogP contribution in [0.3, 0.4) is 0 Å². The minimum Gasteiger partial charge on any atom is -0.356 e. The molecule has 0 bridgehead atoms. The van der Waals surface area contributed by atoms with Crippen molar-refractivity contribution in [1.29, 1.82) is 0 Å². The van der Waals surface area contributed by atoms with Crippen molar-refractivity contribution >= 4 is 22.7 Å². The SMILES string of the molecule is CCCC[C@H](CC)CN1CC(=O)N2CCc3c([nH]c4ccccc34)[C@@]2(C)C1=O. The lowest BCUT2D eigenvalue weighted by molar-refractivity contribution is -0.166. The molecule has 0 radical (unpaired) electrons. The second kappa shape index (κ2) is 7.26. The summed E-state index contributed by atoms with van der Waals surface area (Å²) < 4.78 is 0. The van der Waals surface area contributed by atoms with Crippen LogP contribution in [-0.2, 0) is 21.5 Å². The Morgan fingerprint density at radius 2 is 2.00 bits per heavy atom. The smallest absolute Gasteiger partial charge is 0.254 e. The van der Waals surface area contributed by atoms with E-state index >= 15 is 0 Å². The van der Waals surface area contributed by atoms with Crippen LogP contribution in [-0.4, -0.2) is 46.2 Å². The van der Waals surface area contributed by atoms with Gasteiger partial charge >= 0.3 is 0 Å². The fourth-order valence-electron chi connectivity index (χ4n) is 5.06. The number of aromatic amines is 1. The van der Waals surface area contributed by atoms with E-state index in [2.05, 4.69) is 24.9 Å². The van der Waals surface area contributed by atoms with Crippen molar-refractivity contribution in [3.63, 3.8) is 0 Å². The molecule has 150 valence electrons. The Hall–Kier alpha value is -2.30. The quantitative estimate of drug-likeness (QED) is 0.827. The topological polar surface area (TPSA) is 56.4 Å². The van der Waals surface area contributed by atoms with Gasteiger partial charge in [0, 0.05) is 24.0 Å². The molecule has 0 spiro atoms. The fraction of sp³-hybridized carbons (Fsp3) is 0.565. The number of benzene rings is 1. The number of piperazine rings is 1. The number of hydrogen-bond acceptors (Lipinski definition) is 2. The molecule has 5 nitrogen and oxygen atoms in total. The molecule has 2 atom stereocenters. The van der Waals surface area contributed by atoms with Gasteiger partial charge in [-0.3, -0.25) is 9.59 Å². The average Bonchev–Trinajstić information content (AvgIpc) is 3.09. The first kappa shape index (κ1) is 19.0. The van der Waals surface area contributed by atoms with Crippen molar-refractivity contribution in [2.75, 3.05) is 19.6 Å². The van der Waals surface area contributed by atoms with Gasteiger partial charge in [0.25, 0.3) is 5.91 Å². The van der Waals surface area contributed by atoms with Gasteiger partial charge in [0.2, 0.25) is 5.91 Å². The number of fused-ring (bicyclic) bond motifs is 5. The number of rotatable bonds is 6. The molecule has 0 saturated carbocycles. The molecule has 28 heavy (non-hydrogen) atoms. The molecule has 0 unspecified atom stereocenters. The van der Waals surface area contributed by atoms with Gasteiger partial charge in [-0.25, -0.2) is 0 Å². The van der Waals surface area contributed by atoms with Crippen LogP contribution in [0.15, 0.2) is 24.3 Å². The lowest BCUT2D eigenvalue weighted by Gasteiger charge is -2.50. The van der Waals surface area contributed by atoms with Gasteiger partial charge in [0.1, 0.15) is 0 Å². The summed E-state index contributed by atoms with van der Waals surface area (Å²) in [7, 11) is 0. The normalized spacial score (nSPS) is 23.1. The van der Waals surface area contributed by atoms with Crippen LogP contribution in [0.4, 0.5) is 0 Å².